The Balaban J connectivity index is 1.71. The van der Waals surface area contributed by atoms with Gasteiger partial charge >= 0.3 is 5.97 Å². The number of carboxylic acid groups (broad SMARTS) is 1. The summed E-state index contributed by atoms with van der Waals surface area (Å²) in [7, 11) is 0. The number of fused-ring (bicyclic) bond motifs is 1. The zero-order valence-corrected chi connectivity index (χ0v) is 10.2. The Bertz CT molecular complexity index is 542. The quantitative estimate of drug-likeness (QED) is 0.738. The first-order chi connectivity index (χ1) is 9.08. The lowest BCUT2D eigenvalue weighted by molar-refractivity contribution is -0.140. The Morgan fingerprint density at radius 2 is 1.95 bits per heavy atom. The molecule has 4 atom stereocenters. The highest BCUT2D eigenvalue weighted by molar-refractivity contribution is 5.89. The maximum absolute atomic E-state index is 11.9. The van der Waals surface area contributed by atoms with E-state index in [0.29, 0.717) is 12.8 Å². The number of aliphatic carboxylic acids is 1. The molecular weight excluding hydrogens is 246 g/mol. The number of rotatable bonds is 3. The Kier molecular flexibility index (Phi) is 2.78. The molecule has 0 bridgehead atoms. The summed E-state index contributed by atoms with van der Waals surface area (Å²) in [6.45, 7) is 0. The molecule has 1 amide bonds. The minimum absolute atomic E-state index is 0.270. The van der Waals surface area contributed by atoms with Crippen molar-refractivity contribution in [3.05, 3.63) is 35.4 Å². The van der Waals surface area contributed by atoms with Crippen molar-refractivity contribution in [3.8, 4) is 0 Å². The summed E-state index contributed by atoms with van der Waals surface area (Å²) in [5.41, 5.74) is 1.96. The Hall–Kier alpha value is -1.88. The number of carbonyl (C=O) groups is 2. The van der Waals surface area contributed by atoms with E-state index in [1.807, 2.05) is 24.3 Å². The largest absolute Gasteiger partial charge is 0.481 e. The first-order valence-electron chi connectivity index (χ1n) is 6.37. The number of carbonyl (C=O) groups excluding carboxylic acids is 1. The smallest absolute Gasteiger partial charge is 0.307 e. The molecule has 1 fully saturated rings. The van der Waals surface area contributed by atoms with Crippen molar-refractivity contribution in [3.63, 3.8) is 0 Å². The number of aliphatic hydroxyl groups is 1. The molecule has 2 aliphatic rings. The van der Waals surface area contributed by atoms with E-state index >= 15 is 0 Å². The fourth-order valence-electron chi connectivity index (χ4n) is 2.77. The number of hydrogen-bond acceptors (Lipinski definition) is 3. The molecule has 1 aromatic carbocycles. The second-order valence-corrected chi connectivity index (χ2v) is 5.24. The van der Waals surface area contributed by atoms with Gasteiger partial charge in [0, 0.05) is 6.42 Å². The third-order valence-electron chi connectivity index (χ3n) is 3.95. The van der Waals surface area contributed by atoms with E-state index < -0.39 is 30.0 Å². The van der Waals surface area contributed by atoms with Gasteiger partial charge in [-0.3, -0.25) is 9.59 Å². The fourth-order valence-corrected chi connectivity index (χ4v) is 2.77. The van der Waals surface area contributed by atoms with E-state index in [-0.39, 0.29) is 5.91 Å². The van der Waals surface area contributed by atoms with E-state index in [4.69, 9.17) is 5.11 Å². The predicted molar refractivity (Wildman–Crippen MR) is 66.3 cm³/mol. The number of carboxylic acids is 1. The summed E-state index contributed by atoms with van der Waals surface area (Å²) in [6.07, 6.45) is 0.281. The van der Waals surface area contributed by atoms with Crippen molar-refractivity contribution < 1.29 is 19.8 Å². The molecule has 100 valence electrons. The van der Waals surface area contributed by atoms with Crippen molar-refractivity contribution in [2.24, 2.45) is 11.8 Å². The minimum atomic E-state index is -0.924. The summed E-state index contributed by atoms with van der Waals surface area (Å²) < 4.78 is 0. The number of benzene rings is 1. The van der Waals surface area contributed by atoms with E-state index in [9.17, 15) is 14.7 Å². The molecule has 5 heteroatoms. The molecule has 5 nitrogen and oxygen atoms in total. The van der Waals surface area contributed by atoms with Crippen molar-refractivity contribution in [2.75, 3.05) is 0 Å². The van der Waals surface area contributed by atoms with Gasteiger partial charge in [0.1, 0.15) is 0 Å². The van der Waals surface area contributed by atoms with Crippen LogP contribution in [0.25, 0.3) is 0 Å². The van der Waals surface area contributed by atoms with Gasteiger partial charge in [0.25, 0.3) is 0 Å². The number of aliphatic hydroxyl groups excluding tert-OH is 1. The minimum Gasteiger partial charge on any atom is -0.481 e. The van der Waals surface area contributed by atoms with Crippen LogP contribution in [0.2, 0.25) is 0 Å². The second-order valence-electron chi connectivity index (χ2n) is 5.24. The SMILES string of the molecule is O=C(O)[C@H]1C[C@H]1C(=O)N[C@@H]1c2ccccc2C[C@@H]1O. The van der Waals surface area contributed by atoms with Crippen LogP contribution in [0.5, 0.6) is 0 Å². The van der Waals surface area contributed by atoms with Crippen LogP contribution in [0, 0.1) is 11.8 Å². The monoisotopic (exact) mass is 261 g/mol. The van der Waals surface area contributed by atoms with Gasteiger partial charge in [-0.25, -0.2) is 0 Å². The molecule has 19 heavy (non-hydrogen) atoms. The van der Waals surface area contributed by atoms with Crippen molar-refractivity contribution in [1.82, 2.24) is 5.32 Å². The van der Waals surface area contributed by atoms with E-state index in [0.717, 1.165) is 11.1 Å². The van der Waals surface area contributed by atoms with Crippen LogP contribution < -0.4 is 5.32 Å². The summed E-state index contributed by atoms with van der Waals surface area (Å²) in [5.74, 6) is -2.20. The van der Waals surface area contributed by atoms with Gasteiger partial charge in [-0.2, -0.15) is 0 Å². The second kappa shape index (κ2) is 4.35. The summed E-state index contributed by atoms with van der Waals surface area (Å²) >= 11 is 0. The fraction of sp³-hybridized carbons (Fsp3) is 0.429. The zero-order chi connectivity index (χ0) is 13.6. The van der Waals surface area contributed by atoms with Crippen LogP contribution >= 0.6 is 0 Å². The third-order valence-corrected chi connectivity index (χ3v) is 3.95. The molecule has 3 rings (SSSR count). The highest BCUT2D eigenvalue weighted by Crippen LogP contribution is 2.40. The molecule has 0 radical (unpaired) electrons. The standard InChI is InChI=1S/C14H15NO4/c16-11-5-7-3-1-2-4-8(7)12(11)15-13(17)9-6-10(9)14(18)19/h1-4,9-12,16H,5-6H2,(H,15,17)(H,18,19)/t9-,10+,11+,12-/m1/s1. The van der Waals surface area contributed by atoms with Crippen LogP contribution in [0.3, 0.4) is 0 Å². The lowest BCUT2D eigenvalue weighted by Crippen LogP contribution is -2.35. The van der Waals surface area contributed by atoms with Gasteiger partial charge < -0.3 is 15.5 Å². The number of hydrogen-bond donors (Lipinski definition) is 3. The molecule has 0 saturated heterocycles. The molecule has 0 aliphatic heterocycles. The molecule has 2 aliphatic carbocycles. The normalized spacial score (nSPS) is 31.6. The first kappa shape index (κ1) is 12.2. The molecule has 0 spiro atoms. The average Bonchev–Trinajstić information content (AvgIpc) is 3.12. The maximum atomic E-state index is 11.9. The maximum Gasteiger partial charge on any atom is 0.307 e. The molecule has 3 N–H and O–H groups in total. The van der Waals surface area contributed by atoms with E-state index in [1.165, 1.54) is 0 Å². The summed E-state index contributed by atoms with van der Waals surface area (Å²) in [6, 6.07) is 7.17. The lowest BCUT2D eigenvalue weighted by Gasteiger charge is -2.17. The average molecular weight is 261 g/mol. The van der Waals surface area contributed by atoms with Gasteiger partial charge in [0.05, 0.1) is 24.0 Å². The van der Waals surface area contributed by atoms with Crippen molar-refractivity contribution in [1.29, 1.82) is 0 Å². The molecule has 0 heterocycles. The molecule has 1 saturated carbocycles. The van der Waals surface area contributed by atoms with E-state index in [1.54, 1.807) is 0 Å². The Morgan fingerprint density at radius 3 is 2.63 bits per heavy atom. The summed E-state index contributed by atoms with van der Waals surface area (Å²) in [4.78, 5) is 22.7. The van der Waals surface area contributed by atoms with E-state index in [2.05, 4.69) is 5.32 Å². The Morgan fingerprint density at radius 1 is 1.21 bits per heavy atom. The summed E-state index contributed by atoms with van der Waals surface area (Å²) in [5, 5.41) is 21.6. The Labute approximate surface area is 110 Å². The van der Waals surface area contributed by atoms with Gasteiger partial charge in [-0.1, -0.05) is 24.3 Å². The van der Waals surface area contributed by atoms with Gasteiger partial charge in [-0.05, 0) is 17.5 Å². The van der Waals surface area contributed by atoms with Crippen molar-refractivity contribution in [2.45, 2.75) is 25.0 Å². The third kappa shape index (κ3) is 2.10. The van der Waals surface area contributed by atoms with Gasteiger partial charge in [0.15, 0.2) is 0 Å². The lowest BCUT2D eigenvalue weighted by atomic mass is 10.1. The van der Waals surface area contributed by atoms with Gasteiger partial charge in [0.2, 0.25) is 5.91 Å². The highest BCUT2D eigenvalue weighted by Gasteiger charge is 2.49. The molecule has 0 aromatic heterocycles. The topological polar surface area (TPSA) is 86.6 Å². The predicted octanol–water partition coefficient (Wildman–Crippen LogP) is 0.482. The highest BCUT2D eigenvalue weighted by atomic mass is 16.4. The number of amides is 1. The van der Waals surface area contributed by atoms with Crippen LogP contribution in [-0.4, -0.2) is 28.2 Å². The first-order valence-corrected chi connectivity index (χ1v) is 6.37. The zero-order valence-electron chi connectivity index (χ0n) is 10.2. The van der Waals surface area contributed by atoms with Crippen LogP contribution in [0.1, 0.15) is 23.6 Å². The molecular formula is C14H15NO4. The van der Waals surface area contributed by atoms with Crippen LogP contribution in [0.15, 0.2) is 24.3 Å². The molecule has 1 aromatic rings. The van der Waals surface area contributed by atoms with Crippen molar-refractivity contribution >= 4 is 11.9 Å². The van der Waals surface area contributed by atoms with Gasteiger partial charge in [-0.15, -0.1) is 0 Å². The van der Waals surface area contributed by atoms with Crippen LogP contribution in [-0.2, 0) is 16.0 Å². The number of nitrogens with one attached hydrogen (secondary N) is 1. The molecule has 0 unspecified atom stereocenters. The van der Waals surface area contributed by atoms with Crippen LogP contribution in [0.4, 0.5) is 0 Å².